The summed E-state index contributed by atoms with van der Waals surface area (Å²) in [5.74, 6) is -0.853. The molecule has 0 saturated heterocycles. The number of halogens is 3. The predicted molar refractivity (Wildman–Crippen MR) is 108 cm³/mol. The third-order valence-electron chi connectivity index (χ3n) is 5.07. The van der Waals surface area contributed by atoms with Crippen LogP contribution in [0.15, 0.2) is 62.9 Å². The summed E-state index contributed by atoms with van der Waals surface area (Å²) in [7, 11) is 1.64. The summed E-state index contributed by atoms with van der Waals surface area (Å²) in [6.45, 7) is 1.70. The van der Waals surface area contributed by atoms with Gasteiger partial charge in [-0.1, -0.05) is 18.2 Å². The second-order valence-corrected chi connectivity index (χ2v) is 7.68. The van der Waals surface area contributed by atoms with Crippen molar-refractivity contribution in [3.63, 3.8) is 0 Å². The van der Waals surface area contributed by atoms with E-state index in [0.717, 1.165) is 0 Å². The van der Waals surface area contributed by atoms with Gasteiger partial charge in [0.15, 0.2) is 0 Å². The first-order valence-electron chi connectivity index (χ1n) is 8.53. The monoisotopic (exact) mass is 443 g/mol. The largest absolute Gasteiger partial charge is 0.383 e. The molecular formula is C21H16BrF2N3O. The van der Waals surface area contributed by atoms with Gasteiger partial charge in [0.25, 0.3) is 5.56 Å². The Morgan fingerprint density at radius 2 is 1.86 bits per heavy atom. The van der Waals surface area contributed by atoms with Crippen LogP contribution in [0.5, 0.6) is 0 Å². The number of fused-ring (bicyclic) bond motifs is 1. The molecule has 4 nitrogen and oxygen atoms in total. The van der Waals surface area contributed by atoms with Gasteiger partial charge >= 0.3 is 0 Å². The lowest BCUT2D eigenvalue weighted by molar-refractivity contribution is 0.604. The van der Waals surface area contributed by atoms with E-state index in [2.05, 4.69) is 20.9 Å². The van der Waals surface area contributed by atoms with Crippen LogP contribution in [0, 0.1) is 18.6 Å². The van der Waals surface area contributed by atoms with E-state index in [9.17, 15) is 13.6 Å². The smallest absolute Gasteiger partial charge is 0.253 e. The number of pyridine rings is 1. The molecule has 2 N–H and O–H groups in total. The highest BCUT2D eigenvalue weighted by atomic mass is 79.9. The fraction of sp³-hybridized carbons (Fsp3) is 0.143. The minimum atomic E-state index is -1.20. The molecule has 0 radical (unpaired) electrons. The molecule has 28 heavy (non-hydrogen) atoms. The minimum Gasteiger partial charge on any atom is -0.383 e. The van der Waals surface area contributed by atoms with Gasteiger partial charge in [-0.2, -0.15) is 0 Å². The Kier molecular flexibility index (Phi) is 4.23. The average molecular weight is 444 g/mol. The van der Waals surface area contributed by atoms with Gasteiger partial charge in [-0.05, 0) is 52.7 Å². The number of amidine groups is 1. The van der Waals surface area contributed by atoms with Crippen LogP contribution in [0.3, 0.4) is 0 Å². The summed E-state index contributed by atoms with van der Waals surface area (Å²) in [4.78, 5) is 16.9. The number of hydrogen-bond donors (Lipinski definition) is 1. The van der Waals surface area contributed by atoms with Crippen molar-refractivity contribution in [3.05, 3.63) is 103 Å². The molecule has 1 aliphatic rings. The van der Waals surface area contributed by atoms with E-state index >= 15 is 0 Å². The molecule has 2 aromatic carbocycles. The van der Waals surface area contributed by atoms with Gasteiger partial charge in [0, 0.05) is 29.9 Å². The molecule has 7 heteroatoms. The SMILES string of the molecule is Cc1cc(C2(c3ccc(F)c(Br)c3)N=C(N)c3c(F)cccc32)cn(C)c1=O. The Bertz CT molecular complexity index is 1190. The molecule has 0 bridgehead atoms. The predicted octanol–water partition coefficient (Wildman–Crippen LogP) is 3.75. The summed E-state index contributed by atoms with van der Waals surface area (Å²) < 4.78 is 30.2. The first-order valence-corrected chi connectivity index (χ1v) is 9.33. The van der Waals surface area contributed by atoms with E-state index in [-0.39, 0.29) is 21.4 Å². The maximum atomic E-state index is 14.6. The number of benzene rings is 2. The topological polar surface area (TPSA) is 60.4 Å². The number of aromatic nitrogens is 1. The van der Waals surface area contributed by atoms with Gasteiger partial charge in [0.1, 0.15) is 23.0 Å². The lowest BCUT2D eigenvalue weighted by Gasteiger charge is -2.30. The van der Waals surface area contributed by atoms with Crippen molar-refractivity contribution >= 4 is 21.8 Å². The van der Waals surface area contributed by atoms with Crippen molar-refractivity contribution < 1.29 is 8.78 Å². The molecule has 4 rings (SSSR count). The van der Waals surface area contributed by atoms with Gasteiger partial charge in [0.05, 0.1) is 10.0 Å². The molecule has 1 aromatic heterocycles. The van der Waals surface area contributed by atoms with Crippen LogP contribution in [0.25, 0.3) is 0 Å². The maximum Gasteiger partial charge on any atom is 0.253 e. The molecule has 2 heterocycles. The summed E-state index contributed by atoms with van der Waals surface area (Å²) in [5.41, 5.74) is 7.30. The van der Waals surface area contributed by atoms with Gasteiger partial charge < -0.3 is 10.3 Å². The standard InChI is InChI=1S/C21H16BrF2N3O/c1-11-8-13(10-27(2)20(11)28)21(12-6-7-16(23)15(22)9-12)14-4-3-5-17(24)18(14)19(25)26-21/h3-10H,1-2H3,(H2,25,26). The minimum absolute atomic E-state index is 0.0556. The zero-order chi connectivity index (χ0) is 20.2. The number of rotatable bonds is 2. The van der Waals surface area contributed by atoms with E-state index in [1.807, 2.05) is 0 Å². The summed E-state index contributed by atoms with van der Waals surface area (Å²) in [6, 6.07) is 10.9. The fourth-order valence-corrected chi connectivity index (χ4v) is 4.17. The lowest BCUT2D eigenvalue weighted by atomic mass is 9.77. The Morgan fingerprint density at radius 3 is 2.54 bits per heavy atom. The van der Waals surface area contributed by atoms with E-state index in [4.69, 9.17) is 5.73 Å². The molecule has 1 atom stereocenters. The Balaban J connectivity index is 2.15. The van der Waals surface area contributed by atoms with Crippen LogP contribution in [-0.2, 0) is 12.6 Å². The molecule has 0 spiro atoms. The quantitative estimate of drug-likeness (QED) is 0.655. The van der Waals surface area contributed by atoms with Crippen LogP contribution in [-0.4, -0.2) is 10.4 Å². The third kappa shape index (κ3) is 2.53. The number of nitrogens with zero attached hydrogens (tertiary/aromatic N) is 2. The van der Waals surface area contributed by atoms with Crippen molar-refractivity contribution in [1.29, 1.82) is 0 Å². The Labute approximate surface area is 168 Å². The first-order chi connectivity index (χ1) is 13.3. The van der Waals surface area contributed by atoms with Crippen LogP contribution in [0.1, 0.15) is 27.8 Å². The Morgan fingerprint density at radius 1 is 1.11 bits per heavy atom. The van der Waals surface area contributed by atoms with Crippen molar-refractivity contribution in [3.8, 4) is 0 Å². The van der Waals surface area contributed by atoms with E-state index < -0.39 is 17.2 Å². The molecular weight excluding hydrogens is 428 g/mol. The molecule has 1 aliphatic heterocycles. The number of aryl methyl sites for hydroxylation is 2. The highest BCUT2D eigenvalue weighted by Gasteiger charge is 2.44. The van der Waals surface area contributed by atoms with Crippen molar-refractivity contribution in [2.75, 3.05) is 0 Å². The maximum absolute atomic E-state index is 14.6. The zero-order valence-electron chi connectivity index (χ0n) is 15.1. The van der Waals surface area contributed by atoms with Gasteiger partial charge in [-0.3, -0.25) is 4.79 Å². The van der Waals surface area contributed by atoms with Crippen LogP contribution in [0.2, 0.25) is 0 Å². The second-order valence-electron chi connectivity index (χ2n) is 6.83. The molecule has 0 saturated carbocycles. The normalized spacial score (nSPS) is 18.1. The van der Waals surface area contributed by atoms with E-state index in [1.165, 1.54) is 16.7 Å². The molecule has 0 amide bonds. The molecule has 3 aromatic rings. The van der Waals surface area contributed by atoms with Crippen molar-refractivity contribution in [2.24, 2.45) is 17.8 Å². The number of aliphatic imine (C=N–C) groups is 1. The van der Waals surface area contributed by atoms with Crippen LogP contribution >= 0.6 is 15.9 Å². The van der Waals surface area contributed by atoms with E-state index in [0.29, 0.717) is 22.3 Å². The number of nitrogens with two attached hydrogens (primary N) is 1. The van der Waals surface area contributed by atoms with Gasteiger partial charge in [-0.25, -0.2) is 13.8 Å². The molecule has 1 unspecified atom stereocenters. The molecule has 142 valence electrons. The van der Waals surface area contributed by atoms with Crippen molar-refractivity contribution in [2.45, 2.75) is 12.5 Å². The third-order valence-corrected chi connectivity index (χ3v) is 5.67. The average Bonchev–Trinajstić information content (AvgIpc) is 2.96. The highest BCUT2D eigenvalue weighted by Crippen LogP contribution is 2.47. The second kappa shape index (κ2) is 6.38. The highest BCUT2D eigenvalue weighted by molar-refractivity contribution is 9.10. The fourth-order valence-electron chi connectivity index (χ4n) is 3.79. The summed E-state index contributed by atoms with van der Waals surface area (Å²) >= 11 is 3.22. The van der Waals surface area contributed by atoms with Gasteiger partial charge in [-0.15, -0.1) is 0 Å². The lowest BCUT2D eigenvalue weighted by Crippen LogP contribution is -2.29. The number of hydrogen-bond acceptors (Lipinski definition) is 3. The van der Waals surface area contributed by atoms with Gasteiger partial charge in [0.2, 0.25) is 0 Å². The van der Waals surface area contributed by atoms with E-state index in [1.54, 1.807) is 50.5 Å². The van der Waals surface area contributed by atoms with Crippen LogP contribution < -0.4 is 11.3 Å². The summed E-state index contributed by atoms with van der Waals surface area (Å²) in [6.07, 6.45) is 1.66. The summed E-state index contributed by atoms with van der Waals surface area (Å²) in [5, 5.41) is 0. The van der Waals surface area contributed by atoms with Crippen molar-refractivity contribution in [1.82, 2.24) is 4.57 Å². The molecule has 0 fully saturated rings. The Hall–Kier alpha value is -2.80. The zero-order valence-corrected chi connectivity index (χ0v) is 16.7. The first kappa shape index (κ1) is 18.6. The molecule has 0 aliphatic carbocycles. The van der Waals surface area contributed by atoms with Crippen LogP contribution in [0.4, 0.5) is 8.78 Å².